The molecule has 2 heterocycles. The van der Waals surface area contributed by atoms with Crippen molar-refractivity contribution in [2.45, 2.75) is 26.2 Å². The normalized spacial score (nSPS) is 11.4. The number of nitrogens with one attached hydrogen (secondary N) is 1. The van der Waals surface area contributed by atoms with Crippen LogP contribution in [0.15, 0.2) is 58.3 Å². The molecule has 31 heavy (non-hydrogen) atoms. The monoisotopic (exact) mass is 416 g/mol. The van der Waals surface area contributed by atoms with Gasteiger partial charge < -0.3 is 5.32 Å². The van der Waals surface area contributed by atoms with E-state index in [2.05, 4.69) is 10.3 Å². The maximum atomic E-state index is 13.1. The number of hydrogen-bond donors (Lipinski definition) is 1. The summed E-state index contributed by atoms with van der Waals surface area (Å²) < 4.78 is 2.36. The Balaban J connectivity index is 1.83. The third kappa shape index (κ3) is 3.52. The number of pyridine rings is 1. The smallest absolute Gasteiger partial charge is 0.325 e. The van der Waals surface area contributed by atoms with Gasteiger partial charge in [0.1, 0.15) is 5.39 Å². The first-order valence-corrected chi connectivity index (χ1v) is 10.1. The third-order valence-corrected chi connectivity index (χ3v) is 5.62. The summed E-state index contributed by atoms with van der Waals surface area (Å²) in [4.78, 5) is 42.7. The number of fused-ring (bicyclic) bond motifs is 2. The van der Waals surface area contributed by atoms with Crippen molar-refractivity contribution >= 4 is 33.4 Å². The molecule has 0 spiro atoms. The van der Waals surface area contributed by atoms with Gasteiger partial charge in [0.25, 0.3) is 5.56 Å². The van der Waals surface area contributed by atoms with E-state index in [0.717, 1.165) is 26.5 Å². The lowest BCUT2D eigenvalue weighted by Gasteiger charge is -2.17. The molecule has 1 N–H and O–H groups in total. The van der Waals surface area contributed by atoms with E-state index in [0.29, 0.717) is 5.69 Å². The Morgan fingerprint density at radius 2 is 1.74 bits per heavy atom. The van der Waals surface area contributed by atoms with E-state index >= 15 is 0 Å². The van der Waals surface area contributed by atoms with Crippen molar-refractivity contribution in [1.29, 1.82) is 0 Å². The van der Waals surface area contributed by atoms with E-state index in [-0.39, 0.29) is 29.3 Å². The second kappa shape index (κ2) is 7.83. The van der Waals surface area contributed by atoms with Crippen LogP contribution >= 0.6 is 0 Å². The number of benzene rings is 2. The fourth-order valence-corrected chi connectivity index (χ4v) is 3.92. The number of amides is 1. The second-order valence-electron chi connectivity index (χ2n) is 8.01. The molecule has 158 valence electrons. The molecular weight excluding hydrogens is 392 g/mol. The summed E-state index contributed by atoms with van der Waals surface area (Å²) in [5.74, 6) is -0.214. The minimum absolute atomic E-state index is 0.0201. The van der Waals surface area contributed by atoms with Crippen LogP contribution in [0.4, 0.5) is 5.69 Å². The Hall–Kier alpha value is -3.74. The van der Waals surface area contributed by atoms with Gasteiger partial charge in [-0.05, 0) is 27.8 Å². The van der Waals surface area contributed by atoms with Crippen LogP contribution in [0.3, 0.4) is 0 Å². The van der Waals surface area contributed by atoms with Crippen molar-refractivity contribution in [3.8, 4) is 0 Å². The number of aryl methyl sites for hydroxylation is 1. The molecule has 2 aromatic carbocycles. The molecule has 0 bridgehead atoms. The Kier molecular flexibility index (Phi) is 5.19. The van der Waals surface area contributed by atoms with E-state index in [4.69, 9.17) is 0 Å². The average Bonchev–Trinajstić information content (AvgIpc) is 2.76. The highest BCUT2D eigenvalue weighted by atomic mass is 16.2. The van der Waals surface area contributed by atoms with Crippen LogP contribution in [0.1, 0.15) is 30.9 Å². The van der Waals surface area contributed by atoms with Crippen LogP contribution in [-0.2, 0) is 25.3 Å². The second-order valence-corrected chi connectivity index (χ2v) is 8.01. The molecule has 0 radical (unpaired) electrons. The van der Waals surface area contributed by atoms with E-state index in [9.17, 15) is 14.4 Å². The quantitative estimate of drug-likeness (QED) is 0.554. The van der Waals surface area contributed by atoms with Gasteiger partial charge in [0.15, 0.2) is 5.65 Å². The summed E-state index contributed by atoms with van der Waals surface area (Å²) in [7, 11) is 2.99. The van der Waals surface area contributed by atoms with Gasteiger partial charge in [0, 0.05) is 20.3 Å². The van der Waals surface area contributed by atoms with E-state index in [1.165, 1.54) is 11.6 Å². The zero-order chi connectivity index (χ0) is 22.3. The standard InChI is InChI=1S/C24H24N4O3/c1-14(2)18-13-25-22-20(23(30)28(4)24(31)27(22)3)21(18)26-19(29)12-16-10-7-9-15-8-5-6-11-17(15)16/h5-11,13-14H,12H2,1-4H3,(H,25,26,29). The maximum absolute atomic E-state index is 13.1. The molecule has 7 nitrogen and oxygen atoms in total. The summed E-state index contributed by atoms with van der Waals surface area (Å²) in [6.45, 7) is 3.94. The van der Waals surface area contributed by atoms with Crippen molar-refractivity contribution < 1.29 is 4.79 Å². The molecule has 1 amide bonds. The van der Waals surface area contributed by atoms with Crippen LogP contribution in [0.25, 0.3) is 21.8 Å². The van der Waals surface area contributed by atoms with Gasteiger partial charge >= 0.3 is 5.69 Å². The fraction of sp³-hybridized carbons (Fsp3) is 0.250. The SMILES string of the molecule is CC(C)c1cnc2c(c1NC(=O)Cc1cccc3ccccc13)c(=O)n(C)c(=O)n2C. The molecule has 0 aliphatic carbocycles. The molecule has 2 aromatic heterocycles. The first-order chi connectivity index (χ1) is 14.8. The molecular formula is C24H24N4O3. The van der Waals surface area contributed by atoms with Crippen LogP contribution < -0.4 is 16.6 Å². The zero-order valence-electron chi connectivity index (χ0n) is 18.0. The van der Waals surface area contributed by atoms with Crippen molar-refractivity contribution in [2.75, 3.05) is 5.32 Å². The maximum Gasteiger partial charge on any atom is 0.332 e. The summed E-state index contributed by atoms with van der Waals surface area (Å²) in [6.07, 6.45) is 1.79. The average molecular weight is 416 g/mol. The van der Waals surface area contributed by atoms with Gasteiger partial charge in [0.05, 0.1) is 12.1 Å². The van der Waals surface area contributed by atoms with E-state index < -0.39 is 11.2 Å². The lowest BCUT2D eigenvalue weighted by atomic mass is 10.00. The third-order valence-electron chi connectivity index (χ3n) is 5.62. The van der Waals surface area contributed by atoms with Gasteiger partial charge in [-0.1, -0.05) is 56.3 Å². The Bertz CT molecular complexity index is 1440. The van der Waals surface area contributed by atoms with Crippen molar-refractivity contribution in [3.05, 3.63) is 80.6 Å². The Morgan fingerprint density at radius 1 is 1.03 bits per heavy atom. The van der Waals surface area contributed by atoms with Gasteiger partial charge in [-0.2, -0.15) is 0 Å². The molecule has 4 rings (SSSR count). The summed E-state index contributed by atoms with van der Waals surface area (Å²) in [5.41, 5.74) is 1.37. The van der Waals surface area contributed by atoms with Gasteiger partial charge in [-0.3, -0.25) is 18.7 Å². The fourth-order valence-electron chi connectivity index (χ4n) is 3.92. The number of carbonyl (C=O) groups is 1. The lowest BCUT2D eigenvalue weighted by molar-refractivity contribution is -0.115. The first kappa shape index (κ1) is 20.5. The molecule has 7 heteroatoms. The van der Waals surface area contributed by atoms with Gasteiger partial charge in [0.2, 0.25) is 5.91 Å². The molecule has 0 saturated carbocycles. The predicted molar refractivity (Wildman–Crippen MR) is 123 cm³/mol. The predicted octanol–water partition coefficient (Wildman–Crippen LogP) is 3.09. The van der Waals surface area contributed by atoms with Crippen LogP contribution in [0.5, 0.6) is 0 Å². The minimum atomic E-state index is -0.478. The highest BCUT2D eigenvalue weighted by Crippen LogP contribution is 2.29. The van der Waals surface area contributed by atoms with E-state index in [1.807, 2.05) is 56.3 Å². The number of carbonyl (C=O) groups excluding carboxylic acids is 1. The molecule has 4 aromatic rings. The number of nitrogens with zero attached hydrogens (tertiary/aromatic N) is 3. The number of aromatic nitrogens is 3. The van der Waals surface area contributed by atoms with Gasteiger partial charge in [-0.25, -0.2) is 9.78 Å². The zero-order valence-corrected chi connectivity index (χ0v) is 18.0. The molecule has 0 saturated heterocycles. The first-order valence-electron chi connectivity index (χ1n) is 10.1. The molecule has 0 aliphatic heterocycles. The van der Waals surface area contributed by atoms with Gasteiger partial charge in [-0.15, -0.1) is 0 Å². The number of rotatable bonds is 4. The van der Waals surface area contributed by atoms with Crippen LogP contribution in [0.2, 0.25) is 0 Å². The Labute approximate surface area is 179 Å². The lowest BCUT2D eigenvalue weighted by Crippen LogP contribution is -2.38. The Morgan fingerprint density at radius 3 is 2.48 bits per heavy atom. The topological polar surface area (TPSA) is 86.0 Å². The van der Waals surface area contributed by atoms with Crippen molar-refractivity contribution in [3.63, 3.8) is 0 Å². The number of anilines is 1. The number of hydrogen-bond acceptors (Lipinski definition) is 4. The molecule has 0 fully saturated rings. The molecule has 0 aliphatic rings. The minimum Gasteiger partial charge on any atom is -0.325 e. The summed E-state index contributed by atoms with van der Waals surface area (Å²) >= 11 is 0. The molecule has 0 atom stereocenters. The van der Waals surface area contributed by atoms with Crippen LogP contribution in [0, 0.1) is 0 Å². The van der Waals surface area contributed by atoms with Crippen LogP contribution in [-0.4, -0.2) is 20.0 Å². The van der Waals surface area contributed by atoms with E-state index in [1.54, 1.807) is 13.2 Å². The highest BCUT2D eigenvalue weighted by Gasteiger charge is 2.20. The largest absolute Gasteiger partial charge is 0.332 e. The highest BCUT2D eigenvalue weighted by molar-refractivity contribution is 6.03. The van der Waals surface area contributed by atoms with Crippen molar-refractivity contribution in [1.82, 2.24) is 14.1 Å². The summed E-state index contributed by atoms with van der Waals surface area (Å²) in [5, 5.41) is 5.27. The summed E-state index contributed by atoms with van der Waals surface area (Å²) in [6, 6.07) is 13.8. The van der Waals surface area contributed by atoms with Crippen molar-refractivity contribution in [2.24, 2.45) is 14.1 Å². The molecule has 0 unspecified atom stereocenters.